The molecule has 0 aliphatic carbocycles. The lowest BCUT2D eigenvalue weighted by Gasteiger charge is -2.29. The van der Waals surface area contributed by atoms with E-state index < -0.39 is 0 Å². The molecule has 1 saturated heterocycles. The first-order valence-electron chi connectivity index (χ1n) is 10.6. The first-order valence-corrected chi connectivity index (χ1v) is 10.6. The van der Waals surface area contributed by atoms with Crippen molar-refractivity contribution in [2.75, 3.05) is 63.6 Å². The monoisotopic (exact) mass is 389 g/mol. The summed E-state index contributed by atoms with van der Waals surface area (Å²) in [5.41, 5.74) is 5.67. The van der Waals surface area contributed by atoms with E-state index in [-0.39, 0.29) is 0 Å². The van der Waals surface area contributed by atoms with Gasteiger partial charge in [-0.1, -0.05) is 30.3 Å². The van der Waals surface area contributed by atoms with E-state index in [0.29, 0.717) is 0 Å². The van der Waals surface area contributed by atoms with Gasteiger partial charge < -0.3 is 20.4 Å². The number of aromatic nitrogens is 1. The Morgan fingerprint density at radius 2 is 1.86 bits per heavy atom. The van der Waals surface area contributed by atoms with Crippen LogP contribution in [0.3, 0.4) is 0 Å². The van der Waals surface area contributed by atoms with Crippen LogP contribution in [0.15, 0.2) is 54.6 Å². The average Bonchev–Trinajstić information content (AvgIpc) is 2.77. The number of hydrogen-bond acceptors (Lipinski definition) is 5. The first kappa shape index (κ1) is 19.7. The number of piperazine rings is 1. The van der Waals surface area contributed by atoms with Crippen molar-refractivity contribution in [2.45, 2.75) is 6.42 Å². The smallest absolute Gasteiger partial charge is 0.0731 e. The van der Waals surface area contributed by atoms with E-state index in [1.165, 1.54) is 16.6 Å². The third kappa shape index (κ3) is 4.86. The second kappa shape index (κ2) is 9.25. The van der Waals surface area contributed by atoms with Gasteiger partial charge >= 0.3 is 0 Å². The zero-order chi connectivity index (χ0) is 20.1. The van der Waals surface area contributed by atoms with Crippen LogP contribution in [0.1, 0.15) is 6.42 Å². The summed E-state index contributed by atoms with van der Waals surface area (Å²) in [6, 6.07) is 19.4. The fraction of sp³-hybridized carbons (Fsp3) is 0.375. The van der Waals surface area contributed by atoms with Crippen LogP contribution in [0.25, 0.3) is 22.2 Å². The zero-order valence-electron chi connectivity index (χ0n) is 17.5. The van der Waals surface area contributed by atoms with Crippen molar-refractivity contribution >= 4 is 22.3 Å². The normalized spacial score (nSPS) is 14.5. The largest absolute Gasteiger partial charge is 0.384 e. The quantitative estimate of drug-likeness (QED) is 0.604. The summed E-state index contributed by atoms with van der Waals surface area (Å²) in [5.74, 6) is 0. The van der Waals surface area contributed by atoms with Crippen molar-refractivity contribution in [3.8, 4) is 11.3 Å². The second-order valence-corrected chi connectivity index (χ2v) is 7.94. The number of anilines is 2. The van der Waals surface area contributed by atoms with E-state index in [4.69, 9.17) is 4.98 Å². The van der Waals surface area contributed by atoms with E-state index >= 15 is 0 Å². The zero-order valence-corrected chi connectivity index (χ0v) is 17.5. The van der Waals surface area contributed by atoms with Crippen molar-refractivity contribution in [2.24, 2.45) is 0 Å². The number of fused-ring (bicyclic) bond motifs is 1. The molecule has 2 heterocycles. The fourth-order valence-corrected chi connectivity index (χ4v) is 3.87. The SMILES string of the molecule is CN(C)CCCNc1cc(-c2cccc(N3CCNCC3)c2)nc2ccccc12. The lowest BCUT2D eigenvalue weighted by Crippen LogP contribution is -2.43. The van der Waals surface area contributed by atoms with Gasteiger partial charge in [0.1, 0.15) is 0 Å². The minimum Gasteiger partial charge on any atom is -0.384 e. The van der Waals surface area contributed by atoms with Crippen LogP contribution in [0, 0.1) is 0 Å². The summed E-state index contributed by atoms with van der Waals surface area (Å²) >= 11 is 0. The molecule has 0 saturated carbocycles. The average molecular weight is 390 g/mol. The fourth-order valence-electron chi connectivity index (χ4n) is 3.87. The summed E-state index contributed by atoms with van der Waals surface area (Å²) in [5, 5.41) is 8.25. The van der Waals surface area contributed by atoms with E-state index in [9.17, 15) is 0 Å². The van der Waals surface area contributed by atoms with Crippen molar-refractivity contribution in [1.29, 1.82) is 0 Å². The van der Waals surface area contributed by atoms with Crippen LogP contribution >= 0.6 is 0 Å². The molecule has 3 aromatic rings. The Hall–Kier alpha value is -2.63. The topological polar surface area (TPSA) is 43.4 Å². The molecule has 1 aliphatic rings. The molecule has 0 atom stereocenters. The maximum absolute atomic E-state index is 4.97. The third-order valence-electron chi connectivity index (χ3n) is 5.44. The Balaban J connectivity index is 1.63. The van der Waals surface area contributed by atoms with Gasteiger partial charge in [-0.15, -0.1) is 0 Å². The van der Waals surface area contributed by atoms with Gasteiger partial charge in [0.15, 0.2) is 0 Å². The van der Waals surface area contributed by atoms with E-state index in [0.717, 1.165) is 62.6 Å². The molecule has 2 N–H and O–H groups in total. The molecule has 0 amide bonds. The molecule has 0 unspecified atom stereocenters. The van der Waals surface area contributed by atoms with Crippen LogP contribution in [0.2, 0.25) is 0 Å². The molecule has 5 nitrogen and oxygen atoms in total. The number of nitrogens with zero attached hydrogens (tertiary/aromatic N) is 3. The molecule has 2 aromatic carbocycles. The van der Waals surface area contributed by atoms with Gasteiger partial charge in [-0.25, -0.2) is 4.98 Å². The van der Waals surface area contributed by atoms with Gasteiger partial charge in [0, 0.05) is 55.0 Å². The molecule has 0 radical (unpaired) electrons. The molecule has 1 aliphatic heterocycles. The Labute approximate surface area is 173 Å². The molecular weight excluding hydrogens is 358 g/mol. The van der Waals surface area contributed by atoms with Crippen LogP contribution in [0.5, 0.6) is 0 Å². The number of rotatable bonds is 7. The van der Waals surface area contributed by atoms with Gasteiger partial charge in [0.25, 0.3) is 0 Å². The standard InChI is InChI=1S/C24H31N5/c1-28(2)14-6-11-26-24-18-23(27-22-10-4-3-9-21(22)24)19-7-5-8-20(17-19)29-15-12-25-13-16-29/h3-5,7-10,17-18,25H,6,11-16H2,1-2H3,(H,26,27). The van der Waals surface area contributed by atoms with Crippen LogP contribution in [-0.4, -0.2) is 63.2 Å². The van der Waals surface area contributed by atoms with Crippen molar-refractivity contribution in [3.05, 3.63) is 54.6 Å². The van der Waals surface area contributed by atoms with E-state index in [2.05, 4.69) is 89.1 Å². The minimum atomic E-state index is 0.951. The maximum atomic E-state index is 4.97. The minimum absolute atomic E-state index is 0.951. The summed E-state index contributed by atoms with van der Waals surface area (Å²) in [7, 11) is 4.23. The van der Waals surface area contributed by atoms with Crippen LogP contribution < -0.4 is 15.5 Å². The van der Waals surface area contributed by atoms with Gasteiger partial charge in [-0.05, 0) is 51.3 Å². The van der Waals surface area contributed by atoms with E-state index in [1.54, 1.807) is 0 Å². The number of para-hydroxylation sites is 1. The molecule has 1 aromatic heterocycles. The molecule has 152 valence electrons. The van der Waals surface area contributed by atoms with Gasteiger partial charge in [0.05, 0.1) is 11.2 Å². The van der Waals surface area contributed by atoms with Crippen LogP contribution in [0.4, 0.5) is 11.4 Å². The highest BCUT2D eigenvalue weighted by Crippen LogP contribution is 2.30. The first-order chi connectivity index (χ1) is 14.2. The summed E-state index contributed by atoms with van der Waals surface area (Å²) in [4.78, 5) is 9.64. The summed E-state index contributed by atoms with van der Waals surface area (Å²) < 4.78 is 0. The van der Waals surface area contributed by atoms with Gasteiger partial charge in [-0.3, -0.25) is 0 Å². The molecule has 29 heavy (non-hydrogen) atoms. The number of benzene rings is 2. The Morgan fingerprint density at radius 1 is 1.03 bits per heavy atom. The molecule has 0 bridgehead atoms. The highest BCUT2D eigenvalue weighted by Gasteiger charge is 2.12. The molecule has 4 rings (SSSR count). The molecular formula is C24H31N5. The number of nitrogens with one attached hydrogen (secondary N) is 2. The van der Waals surface area contributed by atoms with E-state index in [1.807, 2.05) is 0 Å². The summed E-state index contributed by atoms with van der Waals surface area (Å²) in [6.07, 6.45) is 1.11. The highest BCUT2D eigenvalue weighted by atomic mass is 15.2. The maximum Gasteiger partial charge on any atom is 0.0731 e. The number of hydrogen-bond donors (Lipinski definition) is 2. The van der Waals surface area contributed by atoms with Crippen molar-refractivity contribution in [3.63, 3.8) is 0 Å². The molecule has 5 heteroatoms. The lowest BCUT2D eigenvalue weighted by atomic mass is 10.1. The predicted molar refractivity (Wildman–Crippen MR) is 124 cm³/mol. The van der Waals surface area contributed by atoms with Gasteiger partial charge in [-0.2, -0.15) is 0 Å². The van der Waals surface area contributed by atoms with Crippen molar-refractivity contribution < 1.29 is 0 Å². The highest BCUT2D eigenvalue weighted by molar-refractivity contribution is 5.93. The number of pyridine rings is 1. The Kier molecular flexibility index (Phi) is 6.27. The Morgan fingerprint density at radius 3 is 2.69 bits per heavy atom. The van der Waals surface area contributed by atoms with Gasteiger partial charge in [0.2, 0.25) is 0 Å². The molecule has 1 fully saturated rings. The Bertz CT molecular complexity index is 947. The third-order valence-corrected chi connectivity index (χ3v) is 5.44. The lowest BCUT2D eigenvalue weighted by molar-refractivity contribution is 0.405. The second-order valence-electron chi connectivity index (χ2n) is 7.94. The van der Waals surface area contributed by atoms with Crippen molar-refractivity contribution in [1.82, 2.24) is 15.2 Å². The summed E-state index contributed by atoms with van der Waals surface area (Å²) in [6.45, 7) is 6.21. The van der Waals surface area contributed by atoms with Crippen LogP contribution in [-0.2, 0) is 0 Å². The molecule has 0 spiro atoms. The predicted octanol–water partition coefficient (Wildman–Crippen LogP) is 3.68.